The van der Waals surface area contributed by atoms with Crippen molar-refractivity contribution in [2.45, 2.75) is 26.8 Å². The Labute approximate surface area is 116 Å². The molecule has 0 aromatic carbocycles. The molecule has 7 heteroatoms. The van der Waals surface area contributed by atoms with Crippen molar-refractivity contribution in [3.63, 3.8) is 0 Å². The molecule has 2 aromatic rings. The van der Waals surface area contributed by atoms with E-state index in [4.69, 9.17) is 0 Å². The highest BCUT2D eigenvalue weighted by atomic mass is 16.6. The van der Waals surface area contributed by atoms with Gasteiger partial charge in [-0.25, -0.2) is 9.97 Å². The molecular formula is C13H17N5O2. The standard InChI is InChI=1S/C13H17N5O2/c1-3-14-12-6-5-11(18(19)20)10(16-12)9-13-15-7-8-17(13)4-2/h5-8H,3-4,9H2,1-2H3,(H,14,16). The summed E-state index contributed by atoms with van der Waals surface area (Å²) in [5.74, 6) is 1.42. The number of aromatic nitrogens is 3. The van der Waals surface area contributed by atoms with Gasteiger partial charge in [0.15, 0.2) is 0 Å². The molecule has 0 fully saturated rings. The highest BCUT2D eigenvalue weighted by Gasteiger charge is 2.18. The second-order valence-electron chi connectivity index (χ2n) is 4.26. The van der Waals surface area contributed by atoms with Crippen LogP contribution < -0.4 is 5.32 Å². The molecular weight excluding hydrogens is 258 g/mol. The molecule has 0 radical (unpaired) electrons. The van der Waals surface area contributed by atoms with E-state index in [0.717, 1.165) is 12.4 Å². The molecule has 0 atom stereocenters. The summed E-state index contributed by atoms with van der Waals surface area (Å²) in [5.41, 5.74) is 0.451. The Morgan fingerprint density at radius 1 is 1.40 bits per heavy atom. The first-order valence-electron chi connectivity index (χ1n) is 6.53. The molecule has 0 amide bonds. The number of aryl methyl sites for hydroxylation is 1. The number of rotatable bonds is 6. The summed E-state index contributed by atoms with van der Waals surface area (Å²) in [4.78, 5) is 19.3. The molecule has 2 aromatic heterocycles. The van der Waals surface area contributed by atoms with Crippen LogP contribution in [0.4, 0.5) is 11.5 Å². The molecule has 0 aliphatic rings. The van der Waals surface area contributed by atoms with Crippen molar-refractivity contribution >= 4 is 11.5 Å². The summed E-state index contributed by atoms with van der Waals surface area (Å²) >= 11 is 0. The Bertz CT molecular complexity index is 609. The maximum absolute atomic E-state index is 11.1. The van der Waals surface area contributed by atoms with Crippen LogP contribution in [0, 0.1) is 10.1 Å². The quantitative estimate of drug-likeness (QED) is 0.645. The van der Waals surface area contributed by atoms with Gasteiger partial charge in [-0.1, -0.05) is 0 Å². The average Bonchev–Trinajstić information content (AvgIpc) is 2.86. The molecule has 106 valence electrons. The Morgan fingerprint density at radius 3 is 2.85 bits per heavy atom. The van der Waals surface area contributed by atoms with Crippen molar-refractivity contribution in [1.82, 2.24) is 14.5 Å². The van der Waals surface area contributed by atoms with Crippen LogP contribution in [0.5, 0.6) is 0 Å². The zero-order valence-corrected chi connectivity index (χ0v) is 11.5. The first kappa shape index (κ1) is 14.0. The fourth-order valence-electron chi connectivity index (χ4n) is 2.01. The SMILES string of the molecule is CCNc1ccc([N+](=O)[O-])c(Cc2nccn2CC)n1. The van der Waals surface area contributed by atoms with E-state index >= 15 is 0 Å². The van der Waals surface area contributed by atoms with E-state index in [-0.39, 0.29) is 5.69 Å². The normalized spacial score (nSPS) is 10.5. The monoisotopic (exact) mass is 275 g/mol. The largest absolute Gasteiger partial charge is 0.370 e. The van der Waals surface area contributed by atoms with Gasteiger partial charge >= 0.3 is 0 Å². The highest BCUT2D eigenvalue weighted by molar-refractivity contribution is 5.46. The van der Waals surface area contributed by atoms with Gasteiger partial charge in [-0.05, 0) is 19.9 Å². The summed E-state index contributed by atoms with van der Waals surface area (Å²) < 4.78 is 1.95. The summed E-state index contributed by atoms with van der Waals surface area (Å²) in [7, 11) is 0. The van der Waals surface area contributed by atoms with Crippen LogP contribution in [0.2, 0.25) is 0 Å². The molecule has 0 bridgehead atoms. The van der Waals surface area contributed by atoms with E-state index in [1.807, 2.05) is 24.6 Å². The van der Waals surface area contributed by atoms with Crippen LogP contribution in [-0.2, 0) is 13.0 Å². The number of pyridine rings is 1. The molecule has 1 N–H and O–H groups in total. The molecule has 0 spiro atoms. The molecule has 7 nitrogen and oxygen atoms in total. The molecule has 2 heterocycles. The number of imidazole rings is 1. The topological polar surface area (TPSA) is 85.9 Å². The van der Waals surface area contributed by atoms with Gasteiger partial charge in [0, 0.05) is 31.5 Å². The minimum Gasteiger partial charge on any atom is -0.370 e. The molecule has 0 aliphatic heterocycles. The zero-order chi connectivity index (χ0) is 14.5. The minimum atomic E-state index is -0.405. The summed E-state index contributed by atoms with van der Waals surface area (Å²) in [6, 6.07) is 3.11. The van der Waals surface area contributed by atoms with Gasteiger partial charge in [0.1, 0.15) is 17.3 Å². The smallest absolute Gasteiger partial charge is 0.291 e. The molecule has 2 rings (SSSR count). The van der Waals surface area contributed by atoms with Crippen LogP contribution in [0.3, 0.4) is 0 Å². The Hall–Kier alpha value is -2.44. The lowest BCUT2D eigenvalue weighted by molar-refractivity contribution is -0.385. The van der Waals surface area contributed by atoms with Gasteiger partial charge in [-0.3, -0.25) is 10.1 Å². The Kier molecular flexibility index (Phi) is 4.29. The first-order chi connectivity index (χ1) is 9.65. The molecule has 0 saturated carbocycles. The number of hydrogen-bond acceptors (Lipinski definition) is 5. The predicted octanol–water partition coefficient (Wildman–Crippen LogP) is 2.23. The number of hydrogen-bond donors (Lipinski definition) is 1. The zero-order valence-electron chi connectivity index (χ0n) is 11.5. The summed E-state index contributed by atoms with van der Waals surface area (Å²) in [6.07, 6.45) is 3.89. The van der Waals surface area contributed by atoms with E-state index in [0.29, 0.717) is 24.5 Å². The second kappa shape index (κ2) is 6.14. The van der Waals surface area contributed by atoms with Gasteiger partial charge in [0.25, 0.3) is 5.69 Å². The lowest BCUT2D eigenvalue weighted by Gasteiger charge is -2.07. The Morgan fingerprint density at radius 2 is 2.20 bits per heavy atom. The number of nitro groups is 1. The third kappa shape index (κ3) is 2.93. The number of nitrogens with one attached hydrogen (secondary N) is 1. The van der Waals surface area contributed by atoms with Gasteiger partial charge < -0.3 is 9.88 Å². The number of anilines is 1. The van der Waals surface area contributed by atoms with Crippen LogP contribution in [-0.4, -0.2) is 26.0 Å². The van der Waals surface area contributed by atoms with Crippen molar-refractivity contribution < 1.29 is 4.92 Å². The molecule has 0 saturated heterocycles. The van der Waals surface area contributed by atoms with Crippen molar-refractivity contribution in [2.24, 2.45) is 0 Å². The Balaban J connectivity index is 2.37. The summed E-state index contributed by atoms with van der Waals surface area (Å²) in [5, 5.41) is 14.2. The lowest BCUT2D eigenvalue weighted by atomic mass is 10.2. The van der Waals surface area contributed by atoms with Gasteiger partial charge in [0.2, 0.25) is 0 Å². The highest BCUT2D eigenvalue weighted by Crippen LogP contribution is 2.21. The molecule has 20 heavy (non-hydrogen) atoms. The third-order valence-electron chi connectivity index (χ3n) is 2.97. The van der Waals surface area contributed by atoms with E-state index in [1.54, 1.807) is 12.3 Å². The van der Waals surface area contributed by atoms with E-state index < -0.39 is 4.92 Å². The first-order valence-corrected chi connectivity index (χ1v) is 6.53. The third-order valence-corrected chi connectivity index (χ3v) is 2.97. The van der Waals surface area contributed by atoms with Crippen molar-refractivity contribution in [3.05, 3.63) is 46.2 Å². The van der Waals surface area contributed by atoms with E-state index in [2.05, 4.69) is 15.3 Å². The van der Waals surface area contributed by atoms with Crippen molar-refractivity contribution in [1.29, 1.82) is 0 Å². The second-order valence-corrected chi connectivity index (χ2v) is 4.26. The maximum Gasteiger partial charge on any atom is 0.291 e. The van der Waals surface area contributed by atoms with Crippen LogP contribution in [0.25, 0.3) is 0 Å². The predicted molar refractivity (Wildman–Crippen MR) is 75.8 cm³/mol. The fourth-order valence-corrected chi connectivity index (χ4v) is 2.01. The van der Waals surface area contributed by atoms with Crippen molar-refractivity contribution in [2.75, 3.05) is 11.9 Å². The van der Waals surface area contributed by atoms with Crippen LogP contribution in [0.1, 0.15) is 25.4 Å². The molecule has 0 unspecified atom stereocenters. The van der Waals surface area contributed by atoms with Gasteiger partial charge in [-0.15, -0.1) is 0 Å². The van der Waals surface area contributed by atoms with E-state index in [1.165, 1.54) is 6.07 Å². The maximum atomic E-state index is 11.1. The van der Waals surface area contributed by atoms with Gasteiger partial charge in [-0.2, -0.15) is 0 Å². The fraction of sp³-hybridized carbons (Fsp3) is 0.385. The minimum absolute atomic E-state index is 0.0253. The van der Waals surface area contributed by atoms with E-state index in [9.17, 15) is 10.1 Å². The van der Waals surface area contributed by atoms with Crippen LogP contribution in [0.15, 0.2) is 24.5 Å². The van der Waals surface area contributed by atoms with Gasteiger partial charge in [0.05, 0.1) is 11.3 Å². The lowest BCUT2D eigenvalue weighted by Crippen LogP contribution is -2.08. The van der Waals surface area contributed by atoms with Crippen molar-refractivity contribution in [3.8, 4) is 0 Å². The number of nitrogens with zero attached hydrogens (tertiary/aromatic N) is 4. The van der Waals surface area contributed by atoms with Crippen LogP contribution >= 0.6 is 0 Å². The summed E-state index contributed by atoms with van der Waals surface area (Å²) in [6.45, 7) is 5.44. The molecule has 0 aliphatic carbocycles. The average molecular weight is 275 g/mol.